The van der Waals surface area contributed by atoms with E-state index in [1.165, 1.54) is 23.6 Å². The number of esters is 1. The monoisotopic (exact) mass is 356 g/mol. The highest BCUT2D eigenvalue weighted by Crippen LogP contribution is 2.17. The third-order valence-electron chi connectivity index (χ3n) is 3.12. The van der Waals surface area contributed by atoms with Crippen molar-refractivity contribution in [3.8, 4) is 6.07 Å². The molecule has 0 saturated carbocycles. The summed E-state index contributed by atoms with van der Waals surface area (Å²) >= 11 is 1.26. The number of rotatable bonds is 7. The van der Waals surface area contributed by atoms with E-state index in [-0.39, 0.29) is 17.0 Å². The number of nitrogens with two attached hydrogens (primary N) is 1. The van der Waals surface area contributed by atoms with Gasteiger partial charge in [-0.05, 0) is 12.5 Å². The number of ether oxygens (including phenoxy) is 1. The number of hydrogen-bond acceptors (Lipinski definition) is 8. The summed E-state index contributed by atoms with van der Waals surface area (Å²) in [5.74, 6) is -1.38. The highest BCUT2D eigenvalue weighted by Gasteiger charge is 2.17. The van der Waals surface area contributed by atoms with Crippen LogP contribution in [0, 0.1) is 11.3 Å². The lowest BCUT2D eigenvalue weighted by Gasteiger charge is -2.03. The lowest BCUT2D eigenvalue weighted by Crippen LogP contribution is -2.17. The number of thiazole rings is 1. The van der Waals surface area contributed by atoms with Gasteiger partial charge in [-0.15, -0.1) is 11.3 Å². The summed E-state index contributed by atoms with van der Waals surface area (Å²) in [5, 5.41) is 14.1. The fourth-order valence-electron chi connectivity index (χ4n) is 1.87. The summed E-state index contributed by atoms with van der Waals surface area (Å²) < 4.78 is 4.89. The van der Waals surface area contributed by atoms with Crippen molar-refractivity contribution in [2.45, 2.75) is 13.5 Å². The molecule has 0 radical (unpaired) electrons. The minimum atomic E-state index is -0.732. The van der Waals surface area contributed by atoms with Crippen LogP contribution in [0.25, 0.3) is 0 Å². The molecule has 7 nitrogen and oxygen atoms in total. The Balaban J connectivity index is 1.89. The largest absolute Gasteiger partial charge is 0.453 e. The van der Waals surface area contributed by atoms with E-state index in [1.807, 2.05) is 30.3 Å². The summed E-state index contributed by atoms with van der Waals surface area (Å²) in [5.41, 5.74) is 6.48. The maximum atomic E-state index is 11.9. The van der Waals surface area contributed by atoms with Crippen molar-refractivity contribution >= 4 is 28.2 Å². The van der Waals surface area contributed by atoms with E-state index in [0.29, 0.717) is 11.7 Å². The number of allylic oxidation sites excluding steroid dienone is 1. The molecule has 0 fully saturated rings. The van der Waals surface area contributed by atoms with Crippen molar-refractivity contribution in [3.63, 3.8) is 0 Å². The van der Waals surface area contributed by atoms with E-state index in [1.54, 1.807) is 6.07 Å². The molecule has 0 bridgehead atoms. The molecular formula is C17H16N4O3S. The van der Waals surface area contributed by atoms with Crippen LogP contribution in [0.15, 0.2) is 47.0 Å². The standard InChI is InChI=1S/C17H16N4O3S/c1-11(19)13(7-18)15(22)9-24-16(23)14-10-25-17(21-14)20-8-12-5-3-2-4-6-12/h2-6,10H,8-9,19H2,1H3,(H,20,21). The van der Waals surface area contributed by atoms with Crippen LogP contribution in [0.3, 0.4) is 0 Å². The van der Waals surface area contributed by atoms with Gasteiger partial charge in [0, 0.05) is 17.6 Å². The SMILES string of the molecule is CC(N)=C(C#N)C(=O)COC(=O)c1csc(NCc2ccccc2)n1. The zero-order chi connectivity index (χ0) is 18.2. The number of ketones is 1. The summed E-state index contributed by atoms with van der Waals surface area (Å²) in [6.07, 6.45) is 0. The second-order valence-electron chi connectivity index (χ2n) is 5.05. The van der Waals surface area contributed by atoms with Crippen LogP contribution in [0.2, 0.25) is 0 Å². The first kappa shape index (κ1) is 18.2. The molecule has 1 aromatic carbocycles. The predicted octanol–water partition coefficient (Wildman–Crippen LogP) is 2.24. The maximum Gasteiger partial charge on any atom is 0.358 e. The molecule has 3 N–H and O–H groups in total. The van der Waals surface area contributed by atoms with Crippen molar-refractivity contribution in [2.75, 3.05) is 11.9 Å². The van der Waals surface area contributed by atoms with Crippen LogP contribution in [-0.4, -0.2) is 23.3 Å². The Kier molecular flexibility index (Phi) is 6.26. The van der Waals surface area contributed by atoms with Crippen LogP contribution in [-0.2, 0) is 16.1 Å². The van der Waals surface area contributed by atoms with Gasteiger partial charge in [-0.1, -0.05) is 30.3 Å². The van der Waals surface area contributed by atoms with Gasteiger partial charge in [-0.2, -0.15) is 5.26 Å². The summed E-state index contributed by atoms with van der Waals surface area (Å²) in [7, 11) is 0. The average molecular weight is 356 g/mol. The van der Waals surface area contributed by atoms with Gasteiger partial charge >= 0.3 is 5.97 Å². The number of hydrogen-bond donors (Lipinski definition) is 2. The van der Waals surface area contributed by atoms with Gasteiger partial charge in [-0.3, -0.25) is 4.79 Å². The number of Topliss-reactive ketones (excluding diaryl/α,β-unsaturated/α-hetero) is 1. The number of carbonyl (C=O) groups excluding carboxylic acids is 2. The van der Waals surface area contributed by atoms with Gasteiger partial charge < -0.3 is 15.8 Å². The lowest BCUT2D eigenvalue weighted by molar-refractivity contribution is -0.118. The first-order valence-corrected chi connectivity index (χ1v) is 8.19. The molecule has 1 heterocycles. The second-order valence-corrected chi connectivity index (χ2v) is 5.90. The maximum absolute atomic E-state index is 11.9. The number of nitrogens with one attached hydrogen (secondary N) is 1. The molecular weight excluding hydrogens is 340 g/mol. The van der Waals surface area contributed by atoms with E-state index in [2.05, 4.69) is 10.3 Å². The smallest absolute Gasteiger partial charge is 0.358 e. The first-order valence-electron chi connectivity index (χ1n) is 7.31. The van der Waals surface area contributed by atoms with E-state index >= 15 is 0 Å². The molecule has 0 spiro atoms. The molecule has 0 amide bonds. The van der Waals surface area contributed by atoms with Crippen LogP contribution < -0.4 is 11.1 Å². The minimum absolute atomic E-state index is 0.0876. The van der Waals surface area contributed by atoms with Crippen LogP contribution in [0.1, 0.15) is 23.0 Å². The summed E-state index contributed by atoms with van der Waals surface area (Å²) in [6.45, 7) is 1.46. The van der Waals surface area contributed by atoms with Crippen molar-refractivity contribution in [3.05, 3.63) is 58.2 Å². The van der Waals surface area contributed by atoms with E-state index < -0.39 is 18.4 Å². The van der Waals surface area contributed by atoms with Crippen molar-refractivity contribution < 1.29 is 14.3 Å². The van der Waals surface area contributed by atoms with Gasteiger partial charge in [0.15, 0.2) is 17.4 Å². The van der Waals surface area contributed by atoms with Crippen molar-refractivity contribution in [2.24, 2.45) is 5.73 Å². The zero-order valence-electron chi connectivity index (χ0n) is 13.5. The van der Waals surface area contributed by atoms with Crippen molar-refractivity contribution in [1.29, 1.82) is 5.26 Å². The topological polar surface area (TPSA) is 118 Å². The molecule has 1 aromatic heterocycles. The van der Waals surface area contributed by atoms with Crippen LogP contribution in [0.5, 0.6) is 0 Å². The number of nitrogens with zero attached hydrogens (tertiary/aromatic N) is 2. The zero-order valence-corrected chi connectivity index (χ0v) is 14.3. The Bertz CT molecular complexity index is 833. The fraction of sp³-hybridized carbons (Fsp3) is 0.176. The van der Waals surface area contributed by atoms with Gasteiger partial charge in [0.2, 0.25) is 5.78 Å². The van der Waals surface area contributed by atoms with E-state index in [4.69, 9.17) is 15.7 Å². The van der Waals surface area contributed by atoms with Crippen LogP contribution in [0.4, 0.5) is 5.13 Å². The molecule has 25 heavy (non-hydrogen) atoms. The quantitative estimate of drug-likeness (QED) is 0.443. The Morgan fingerprint density at radius 3 is 2.72 bits per heavy atom. The second kappa shape index (κ2) is 8.61. The molecule has 0 aliphatic heterocycles. The third-order valence-corrected chi connectivity index (χ3v) is 3.92. The number of aromatic nitrogens is 1. The highest BCUT2D eigenvalue weighted by molar-refractivity contribution is 7.13. The Morgan fingerprint density at radius 2 is 2.08 bits per heavy atom. The van der Waals surface area contributed by atoms with E-state index in [0.717, 1.165) is 5.56 Å². The molecule has 2 aromatic rings. The molecule has 8 heteroatoms. The summed E-state index contributed by atoms with van der Waals surface area (Å²) in [6, 6.07) is 11.4. The highest BCUT2D eigenvalue weighted by atomic mass is 32.1. The summed E-state index contributed by atoms with van der Waals surface area (Å²) in [4.78, 5) is 27.8. The normalized spacial score (nSPS) is 11.2. The molecule has 0 saturated heterocycles. The average Bonchev–Trinajstić information content (AvgIpc) is 3.08. The minimum Gasteiger partial charge on any atom is -0.453 e. The van der Waals surface area contributed by atoms with Gasteiger partial charge in [0.1, 0.15) is 11.6 Å². The number of nitriles is 1. The predicted molar refractivity (Wildman–Crippen MR) is 93.7 cm³/mol. The van der Waals surface area contributed by atoms with E-state index in [9.17, 15) is 9.59 Å². The first-order chi connectivity index (χ1) is 12.0. The van der Waals surface area contributed by atoms with Gasteiger partial charge in [0.25, 0.3) is 0 Å². The Morgan fingerprint density at radius 1 is 1.36 bits per heavy atom. The van der Waals surface area contributed by atoms with Crippen LogP contribution >= 0.6 is 11.3 Å². The molecule has 2 rings (SSSR count). The molecule has 0 aliphatic carbocycles. The van der Waals surface area contributed by atoms with Gasteiger partial charge in [-0.25, -0.2) is 9.78 Å². The number of carbonyl (C=O) groups is 2. The molecule has 128 valence electrons. The molecule has 0 unspecified atom stereocenters. The lowest BCUT2D eigenvalue weighted by atomic mass is 10.1. The molecule has 0 aliphatic rings. The molecule has 0 atom stereocenters. The van der Waals surface area contributed by atoms with Gasteiger partial charge in [0.05, 0.1) is 0 Å². The number of anilines is 1. The third kappa shape index (κ3) is 5.16. The van der Waals surface area contributed by atoms with Crippen molar-refractivity contribution in [1.82, 2.24) is 4.98 Å². The fourth-order valence-corrected chi connectivity index (χ4v) is 2.55. The number of benzene rings is 1. The Hall–Kier alpha value is -3.18. The Labute approximate surface area is 148 Å².